The number of piperidine rings is 1. The van der Waals surface area contributed by atoms with E-state index in [0.717, 1.165) is 61.9 Å². The number of nitriles is 1. The molecule has 5 atom stereocenters. The van der Waals surface area contributed by atoms with Crippen molar-refractivity contribution in [3.8, 4) is 11.8 Å². The van der Waals surface area contributed by atoms with Crippen molar-refractivity contribution in [2.45, 2.75) is 128 Å². The van der Waals surface area contributed by atoms with Crippen LogP contribution in [-0.2, 0) is 27.3 Å². The summed E-state index contributed by atoms with van der Waals surface area (Å²) in [6.45, 7) is 20.3. The Morgan fingerprint density at radius 2 is 1.87 bits per heavy atom. The molecule has 2 aromatic carbocycles. The Labute approximate surface area is 274 Å². The Morgan fingerprint density at radius 3 is 2.51 bits per heavy atom. The van der Waals surface area contributed by atoms with Crippen LogP contribution in [0.4, 0.5) is 5.69 Å². The monoisotopic (exact) mass is 666 g/mol. The lowest BCUT2D eigenvalue weighted by Crippen LogP contribution is -2.60. The predicted octanol–water partition coefficient (Wildman–Crippen LogP) is 7.46. The molecule has 1 N–H and O–H groups in total. The number of aryl methyl sites for hydroxylation is 1. The highest BCUT2D eigenvalue weighted by atomic mass is 32.2. The maximum Gasteiger partial charge on any atom is 0.232 e. The topological polar surface area (TPSA) is 91.7 Å². The number of benzene rings is 2. The summed E-state index contributed by atoms with van der Waals surface area (Å²) >= 11 is 0. The molecule has 1 saturated heterocycles. The molecule has 3 unspecified atom stereocenters. The Kier molecular flexibility index (Phi) is 9.46. The number of ether oxygens (including phenoxy) is 1. The molecule has 2 aliphatic heterocycles. The molecule has 1 aliphatic carbocycles. The molecule has 10 heteroatoms. The average Bonchev–Trinajstić information content (AvgIpc) is 2.94. The molecule has 5 rings (SSSR count). The molecule has 2 aromatic rings. The second-order valence-corrected chi connectivity index (χ2v) is 26.1. The van der Waals surface area contributed by atoms with Gasteiger partial charge in [0.05, 0.1) is 24.6 Å². The molecule has 1 spiro atoms. The average molecular weight is 667 g/mol. The number of fused-ring (bicyclic) bond motifs is 2. The van der Waals surface area contributed by atoms with Crippen molar-refractivity contribution < 1.29 is 17.6 Å². The van der Waals surface area contributed by atoms with Crippen LogP contribution in [0.1, 0.15) is 81.5 Å². The van der Waals surface area contributed by atoms with Crippen LogP contribution >= 0.6 is 0 Å². The first-order valence-electron chi connectivity index (χ1n) is 16.5. The maximum absolute atomic E-state index is 13.3. The summed E-state index contributed by atoms with van der Waals surface area (Å²) < 4.78 is 43.3. The van der Waals surface area contributed by atoms with E-state index in [0.29, 0.717) is 11.7 Å². The first-order valence-corrected chi connectivity index (χ1v) is 24.0. The molecular formula is C35H52N3O4SSi2. The van der Waals surface area contributed by atoms with Crippen molar-refractivity contribution in [1.29, 1.82) is 5.26 Å². The lowest BCUT2D eigenvalue weighted by atomic mass is 9.67. The third kappa shape index (κ3) is 7.38. The van der Waals surface area contributed by atoms with E-state index in [1.165, 1.54) is 11.1 Å². The lowest BCUT2D eigenvalue weighted by molar-refractivity contribution is -0.123. The van der Waals surface area contributed by atoms with Crippen LogP contribution in [0.15, 0.2) is 36.4 Å². The third-order valence-electron chi connectivity index (χ3n) is 10.4. The van der Waals surface area contributed by atoms with Crippen LogP contribution < -0.4 is 9.46 Å². The van der Waals surface area contributed by atoms with Crippen LogP contribution in [-0.4, -0.2) is 59.7 Å². The van der Waals surface area contributed by atoms with E-state index in [-0.39, 0.29) is 23.2 Å². The SMILES string of the molecule is CC([Si](C)(C)C)S(=O)(=O)Nc1ccc2c(c1)[C@@H](C(C)(C)C)CC1(CCN([C@@H]3CCc4cc(C#N)ccc4C3)C(O[Si](C)C)C1)O2. The second kappa shape index (κ2) is 12.5. The van der Waals surface area contributed by atoms with Crippen LogP contribution in [0.25, 0.3) is 0 Å². The minimum absolute atomic E-state index is 0.0103. The molecule has 0 saturated carbocycles. The van der Waals surface area contributed by atoms with Crippen LogP contribution in [0, 0.1) is 16.7 Å². The summed E-state index contributed by atoms with van der Waals surface area (Å²) in [5.41, 5.74) is 4.73. The van der Waals surface area contributed by atoms with Crippen LogP contribution in [0.3, 0.4) is 0 Å². The summed E-state index contributed by atoms with van der Waals surface area (Å²) in [7, 11) is -6.37. The molecule has 3 aliphatic rings. The molecule has 45 heavy (non-hydrogen) atoms. The Balaban J connectivity index is 1.41. The zero-order valence-electron chi connectivity index (χ0n) is 28.7. The normalized spacial score (nSPS) is 26.5. The number of nitrogens with zero attached hydrogens (tertiary/aromatic N) is 2. The van der Waals surface area contributed by atoms with Gasteiger partial charge in [0.2, 0.25) is 19.1 Å². The molecule has 2 heterocycles. The van der Waals surface area contributed by atoms with Gasteiger partial charge in [-0.2, -0.15) is 5.26 Å². The van der Waals surface area contributed by atoms with Crippen molar-refractivity contribution in [3.63, 3.8) is 0 Å². The second-order valence-electron chi connectivity index (χ2n) is 16.0. The van der Waals surface area contributed by atoms with E-state index >= 15 is 0 Å². The van der Waals surface area contributed by atoms with E-state index in [4.69, 9.17) is 9.16 Å². The van der Waals surface area contributed by atoms with E-state index in [2.05, 4.69) is 81.3 Å². The number of nitrogens with one attached hydrogen (secondary N) is 1. The Morgan fingerprint density at radius 1 is 1.13 bits per heavy atom. The van der Waals surface area contributed by atoms with Gasteiger partial charge in [0.1, 0.15) is 17.6 Å². The smallest absolute Gasteiger partial charge is 0.232 e. The molecule has 1 radical (unpaired) electrons. The van der Waals surface area contributed by atoms with Crippen LogP contribution in [0.2, 0.25) is 32.7 Å². The largest absolute Gasteiger partial charge is 0.487 e. The number of anilines is 1. The minimum atomic E-state index is -3.50. The summed E-state index contributed by atoms with van der Waals surface area (Å²) in [5, 5.41) is 9.36. The lowest BCUT2D eigenvalue weighted by Gasteiger charge is -2.54. The van der Waals surface area contributed by atoms with Gasteiger partial charge in [-0.15, -0.1) is 0 Å². The van der Waals surface area contributed by atoms with E-state index in [1.807, 2.05) is 31.2 Å². The first kappa shape index (κ1) is 34.2. The van der Waals surface area contributed by atoms with Gasteiger partial charge < -0.3 is 9.16 Å². The maximum atomic E-state index is 13.3. The fourth-order valence-corrected chi connectivity index (χ4v) is 12.7. The molecule has 0 amide bonds. The minimum Gasteiger partial charge on any atom is -0.487 e. The highest BCUT2D eigenvalue weighted by molar-refractivity contribution is 7.95. The van der Waals surface area contributed by atoms with Gasteiger partial charge in [-0.1, -0.05) is 46.5 Å². The summed E-state index contributed by atoms with van der Waals surface area (Å²) in [4.78, 5) is 2.20. The van der Waals surface area contributed by atoms with Crippen molar-refractivity contribution in [2.24, 2.45) is 5.41 Å². The standard InChI is InChI=1S/C35H52N3O4SSi2/c1-24(45(7,8)9)43(39,40)37-28-13-15-32-30(20-28)31(34(2,3)4)21-35(41-32)16-17-38(33(22-35)42-44(5)6)29-14-12-26-18-25(23-36)10-11-27(26)19-29/h10-11,13,15,18,20,24,29,31,33,37H,12,14,16-17,19,21-22H2,1-9H3/t24?,29-,31+,33?,35?/m1/s1. The number of hydrogen-bond donors (Lipinski definition) is 1. The highest BCUT2D eigenvalue weighted by Gasteiger charge is 2.50. The van der Waals surface area contributed by atoms with E-state index in [9.17, 15) is 13.7 Å². The van der Waals surface area contributed by atoms with Gasteiger partial charge in [0.15, 0.2) is 0 Å². The number of rotatable bonds is 7. The molecular weight excluding hydrogens is 615 g/mol. The quantitative estimate of drug-likeness (QED) is 0.309. The van der Waals surface area contributed by atoms with Crippen molar-refractivity contribution in [2.75, 3.05) is 11.3 Å². The summed E-state index contributed by atoms with van der Waals surface area (Å²) in [6, 6.07) is 14.7. The number of hydrogen-bond acceptors (Lipinski definition) is 6. The molecule has 1 fully saturated rings. The predicted molar refractivity (Wildman–Crippen MR) is 187 cm³/mol. The van der Waals surface area contributed by atoms with Gasteiger partial charge in [-0.3, -0.25) is 9.62 Å². The molecule has 0 bridgehead atoms. The molecule has 245 valence electrons. The van der Waals surface area contributed by atoms with Gasteiger partial charge >= 0.3 is 0 Å². The van der Waals surface area contributed by atoms with Gasteiger partial charge in [-0.25, -0.2) is 8.42 Å². The van der Waals surface area contributed by atoms with Crippen molar-refractivity contribution >= 4 is 32.8 Å². The summed E-state index contributed by atoms with van der Waals surface area (Å²) in [6.07, 6.45) is 5.63. The molecule has 7 nitrogen and oxygen atoms in total. The van der Waals surface area contributed by atoms with Gasteiger partial charge in [0, 0.05) is 31.1 Å². The van der Waals surface area contributed by atoms with E-state index < -0.39 is 32.0 Å². The Hall–Kier alpha value is -2.17. The molecule has 0 aromatic heterocycles. The van der Waals surface area contributed by atoms with Crippen LogP contribution in [0.5, 0.6) is 5.75 Å². The zero-order valence-corrected chi connectivity index (χ0v) is 31.5. The first-order chi connectivity index (χ1) is 20.9. The summed E-state index contributed by atoms with van der Waals surface area (Å²) in [5.74, 6) is 1.07. The van der Waals surface area contributed by atoms with Crippen molar-refractivity contribution in [1.82, 2.24) is 4.90 Å². The Bertz CT molecular complexity index is 1560. The highest BCUT2D eigenvalue weighted by Crippen LogP contribution is 2.53. The number of sulfonamides is 1. The van der Waals surface area contributed by atoms with E-state index in [1.54, 1.807) is 0 Å². The fourth-order valence-electron chi connectivity index (χ4n) is 7.40. The van der Waals surface area contributed by atoms with Crippen molar-refractivity contribution in [3.05, 3.63) is 58.7 Å². The van der Waals surface area contributed by atoms with Gasteiger partial charge in [0.25, 0.3) is 0 Å². The van der Waals surface area contributed by atoms with Gasteiger partial charge in [-0.05, 0) is 104 Å². The zero-order chi connectivity index (χ0) is 32.9. The fraction of sp³-hybridized carbons (Fsp3) is 0.629. The third-order valence-corrected chi connectivity index (χ3v) is 18.1. The number of likely N-dealkylation sites (tertiary alicyclic amines) is 1.